The number of nitrogens with zero attached hydrogens (tertiary/aromatic N) is 1. The van der Waals surface area contributed by atoms with E-state index in [-0.39, 0.29) is 4.75 Å². The number of nitrogens with two attached hydrogens (primary N) is 1. The van der Waals surface area contributed by atoms with Gasteiger partial charge in [-0.1, -0.05) is 26.0 Å². The fraction of sp³-hybridized carbons (Fsp3) is 0.588. The van der Waals surface area contributed by atoms with Crippen LogP contribution in [-0.4, -0.2) is 27.2 Å². The maximum absolute atomic E-state index is 11.9. The number of hydrogen-bond donors (Lipinski definition) is 2. The summed E-state index contributed by atoms with van der Waals surface area (Å²) in [6.07, 6.45) is 1.13. The van der Waals surface area contributed by atoms with Gasteiger partial charge in [0, 0.05) is 27.0 Å². The lowest BCUT2D eigenvalue weighted by Gasteiger charge is -2.16. The summed E-state index contributed by atoms with van der Waals surface area (Å²) in [5, 5.41) is 3.07. The van der Waals surface area contributed by atoms with E-state index in [2.05, 4.69) is 36.3 Å². The van der Waals surface area contributed by atoms with Crippen LogP contribution >= 0.6 is 0 Å². The first-order chi connectivity index (χ1) is 10.2. The molecule has 22 heavy (non-hydrogen) atoms. The zero-order chi connectivity index (χ0) is 16.8. The van der Waals surface area contributed by atoms with E-state index in [1.54, 1.807) is 0 Å². The number of benzene rings is 1. The molecule has 5 heteroatoms. The molecule has 2 unspecified atom stereocenters. The van der Waals surface area contributed by atoms with E-state index < -0.39 is 10.8 Å². The van der Waals surface area contributed by atoms with Crippen LogP contribution < -0.4 is 11.1 Å². The third-order valence-corrected chi connectivity index (χ3v) is 5.53. The maximum atomic E-state index is 11.9. The highest BCUT2D eigenvalue weighted by atomic mass is 32.2. The molecule has 0 aliphatic rings. The average molecular weight is 324 g/mol. The van der Waals surface area contributed by atoms with Crippen molar-refractivity contribution in [3.05, 3.63) is 29.8 Å². The molecule has 1 rings (SSSR count). The van der Waals surface area contributed by atoms with Gasteiger partial charge < -0.3 is 11.1 Å². The lowest BCUT2D eigenvalue weighted by atomic mass is 9.99. The lowest BCUT2D eigenvalue weighted by molar-refractivity contribution is 0.648. The van der Waals surface area contributed by atoms with E-state index >= 15 is 0 Å². The Labute approximate surface area is 137 Å². The molecule has 0 radical (unpaired) electrons. The topological polar surface area (TPSA) is 67.5 Å². The molecule has 0 spiro atoms. The van der Waals surface area contributed by atoms with Crippen LogP contribution in [0.25, 0.3) is 0 Å². The van der Waals surface area contributed by atoms with Crippen molar-refractivity contribution in [1.82, 2.24) is 0 Å². The summed E-state index contributed by atoms with van der Waals surface area (Å²) < 4.78 is 11.7. The van der Waals surface area contributed by atoms with Gasteiger partial charge >= 0.3 is 0 Å². The Morgan fingerprint density at radius 2 is 1.91 bits per heavy atom. The highest BCUT2D eigenvalue weighted by molar-refractivity contribution is 7.86. The van der Waals surface area contributed by atoms with Crippen molar-refractivity contribution in [2.45, 2.75) is 51.7 Å². The second-order valence-corrected chi connectivity index (χ2v) is 8.81. The number of nitrogens with one attached hydrogen (secondary N) is 1. The minimum absolute atomic E-state index is 0.205. The predicted molar refractivity (Wildman–Crippen MR) is 98.0 cm³/mol. The highest BCUT2D eigenvalue weighted by Crippen LogP contribution is 2.20. The third-order valence-electron chi connectivity index (χ3n) is 3.61. The molecule has 0 saturated carbocycles. The van der Waals surface area contributed by atoms with Crippen LogP contribution in [0.3, 0.4) is 0 Å². The largest absolute Gasteiger partial charge is 0.370 e. The van der Waals surface area contributed by atoms with E-state index in [0.717, 1.165) is 12.1 Å². The van der Waals surface area contributed by atoms with Gasteiger partial charge in [-0.2, -0.15) is 0 Å². The van der Waals surface area contributed by atoms with Crippen LogP contribution in [0.15, 0.2) is 29.3 Å². The molecule has 4 nitrogen and oxygen atoms in total. The fourth-order valence-electron chi connectivity index (χ4n) is 1.87. The van der Waals surface area contributed by atoms with Gasteiger partial charge in [0.1, 0.15) is 0 Å². The second kappa shape index (κ2) is 8.32. The van der Waals surface area contributed by atoms with E-state index in [1.165, 1.54) is 5.56 Å². The summed E-state index contributed by atoms with van der Waals surface area (Å²) in [6.45, 7) is 10.8. The molecule has 0 amide bonds. The van der Waals surface area contributed by atoms with E-state index in [9.17, 15) is 4.21 Å². The van der Waals surface area contributed by atoms with Crippen LogP contribution in [0.4, 0.5) is 5.69 Å². The molecule has 1 aromatic rings. The summed E-state index contributed by atoms with van der Waals surface area (Å²) in [4.78, 5) is 4.24. The monoisotopic (exact) mass is 323 g/mol. The van der Waals surface area contributed by atoms with Crippen molar-refractivity contribution in [2.75, 3.05) is 17.6 Å². The number of hydrogen-bond acceptors (Lipinski definition) is 2. The molecule has 2 atom stereocenters. The molecule has 3 N–H and O–H groups in total. The standard InChI is InChI=1S/C17H29N3OS/c1-6-13(2)14-7-9-15(10-8-14)20-16(18)19-11-12-22(21)17(3,4)5/h7-10,13H,6,11-12H2,1-5H3,(H3,18,19,20). The average Bonchev–Trinajstić information content (AvgIpc) is 2.46. The van der Waals surface area contributed by atoms with Gasteiger partial charge in [0.05, 0.1) is 6.54 Å². The van der Waals surface area contributed by atoms with Crippen LogP contribution in [-0.2, 0) is 10.8 Å². The summed E-state index contributed by atoms with van der Waals surface area (Å²) in [5.41, 5.74) is 8.11. The van der Waals surface area contributed by atoms with E-state index in [1.807, 2.05) is 32.9 Å². The number of guanidine groups is 1. The SMILES string of the molecule is CCC(C)c1ccc(NC(N)=NCCS(=O)C(C)(C)C)cc1. The van der Waals surface area contributed by atoms with Crippen molar-refractivity contribution in [1.29, 1.82) is 0 Å². The summed E-state index contributed by atoms with van der Waals surface area (Å²) >= 11 is 0. The Kier molecular flexibility index (Phi) is 7.07. The van der Waals surface area contributed by atoms with Crippen LogP contribution in [0.5, 0.6) is 0 Å². The van der Waals surface area contributed by atoms with Crippen molar-refractivity contribution in [2.24, 2.45) is 10.7 Å². The van der Waals surface area contributed by atoms with Crippen LogP contribution in [0.1, 0.15) is 52.5 Å². The number of rotatable bonds is 6. The predicted octanol–water partition coefficient (Wildman–Crippen LogP) is 3.47. The first-order valence-corrected chi connectivity index (χ1v) is 9.11. The van der Waals surface area contributed by atoms with Gasteiger partial charge in [0.15, 0.2) is 5.96 Å². The normalized spacial score (nSPS) is 15.4. The molecule has 0 bridgehead atoms. The molecule has 0 aliphatic carbocycles. The molecular formula is C17H29N3OS. The second-order valence-electron chi connectivity index (χ2n) is 6.49. The molecule has 124 valence electrons. The maximum Gasteiger partial charge on any atom is 0.193 e. The minimum atomic E-state index is -0.900. The van der Waals surface area contributed by atoms with Crippen molar-refractivity contribution in [3.8, 4) is 0 Å². The molecule has 0 aliphatic heterocycles. The highest BCUT2D eigenvalue weighted by Gasteiger charge is 2.18. The molecule has 0 aromatic heterocycles. The molecule has 0 saturated heterocycles. The molecule has 0 fully saturated rings. The van der Waals surface area contributed by atoms with Gasteiger partial charge in [0.2, 0.25) is 0 Å². The van der Waals surface area contributed by atoms with Crippen LogP contribution in [0.2, 0.25) is 0 Å². The minimum Gasteiger partial charge on any atom is -0.370 e. The molecular weight excluding hydrogens is 294 g/mol. The first-order valence-electron chi connectivity index (χ1n) is 7.79. The number of anilines is 1. The number of aliphatic imine (C=N–C) groups is 1. The quantitative estimate of drug-likeness (QED) is 0.622. The Hall–Kier alpha value is -1.36. The first kappa shape index (κ1) is 18.7. The van der Waals surface area contributed by atoms with Crippen molar-refractivity contribution in [3.63, 3.8) is 0 Å². The smallest absolute Gasteiger partial charge is 0.193 e. The summed E-state index contributed by atoms with van der Waals surface area (Å²) in [5.74, 6) is 1.45. The Balaban J connectivity index is 2.52. The summed E-state index contributed by atoms with van der Waals surface area (Å²) in [6, 6.07) is 8.24. The molecule has 1 aromatic carbocycles. The van der Waals surface area contributed by atoms with Crippen molar-refractivity contribution >= 4 is 22.4 Å². The van der Waals surface area contributed by atoms with Gasteiger partial charge in [-0.15, -0.1) is 0 Å². The molecule has 0 heterocycles. The van der Waals surface area contributed by atoms with E-state index in [0.29, 0.717) is 24.2 Å². The van der Waals surface area contributed by atoms with E-state index in [4.69, 9.17) is 5.73 Å². The Morgan fingerprint density at radius 3 is 2.41 bits per heavy atom. The lowest BCUT2D eigenvalue weighted by Crippen LogP contribution is -2.27. The zero-order valence-electron chi connectivity index (χ0n) is 14.3. The van der Waals surface area contributed by atoms with Gasteiger partial charge in [-0.3, -0.25) is 9.20 Å². The van der Waals surface area contributed by atoms with Gasteiger partial charge in [-0.05, 0) is 50.8 Å². The summed E-state index contributed by atoms with van der Waals surface area (Å²) in [7, 11) is -0.900. The van der Waals surface area contributed by atoms with Crippen molar-refractivity contribution < 1.29 is 4.21 Å². The third kappa shape index (κ3) is 6.18. The van der Waals surface area contributed by atoms with Gasteiger partial charge in [-0.25, -0.2) is 0 Å². The zero-order valence-corrected chi connectivity index (χ0v) is 15.2. The van der Waals surface area contributed by atoms with Gasteiger partial charge in [0.25, 0.3) is 0 Å². The Morgan fingerprint density at radius 1 is 1.32 bits per heavy atom. The Bertz CT molecular complexity index is 518. The fourth-order valence-corrected chi connectivity index (χ4v) is 2.74. The van der Waals surface area contributed by atoms with Crippen LogP contribution in [0, 0.1) is 0 Å².